The Morgan fingerprint density at radius 3 is 2.03 bits per heavy atom. The number of carboxylic acid groups (broad SMARTS) is 1. The van der Waals surface area contributed by atoms with Crippen molar-refractivity contribution in [3.8, 4) is 11.1 Å². The van der Waals surface area contributed by atoms with Gasteiger partial charge >= 0.3 is 12.1 Å². The normalized spacial score (nSPS) is 13.7. The van der Waals surface area contributed by atoms with Gasteiger partial charge in [0.2, 0.25) is 11.8 Å². The van der Waals surface area contributed by atoms with E-state index in [1.54, 1.807) is 6.92 Å². The summed E-state index contributed by atoms with van der Waals surface area (Å²) in [4.78, 5) is 48.2. The molecule has 4 N–H and O–H groups in total. The monoisotopic (exact) mass is 467 g/mol. The molecule has 1 aliphatic carbocycles. The summed E-state index contributed by atoms with van der Waals surface area (Å²) in [5.74, 6) is -2.29. The number of ether oxygens (including phenoxy) is 1. The molecular formula is C25H29N3O6. The number of likely N-dealkylation sites (N-methyl/N-ethyl adjacent to an activating group) is 1. The summed E-state index contributed by atoms with van der Waals surface area (Å²) < 4.78 is 5.47. The van der Waals surface area contributed by atoms with Crippen LogP contribution in [-0.2, 0) is 19.1 Å². The van der Waals surface area contributed by atoms with Gasteiger partial charge in [-0.2, -0.15) is 0 Å². The second kappa shape index (κ2) is 11.3. The number of amides is 3. The molecule has 3 rings (SSSR count). The van der Waals surface area contributed by atoms with Crippen LogP contribution in [-0.4, -0.2) is 54.7 Å². The van der Waals surface area contributed by atoms with Crippen LogP contribution in [0.3, 0.4) is 0 Å². The maximum atomic E-state index is 12.7. The van der Waals surface area contributed by atoms with E-state index < -0.39 is 30.1 Å². The van der Waals surface area contributed by atoms with Crippen molar-refractivity contribution in [2.75, 3.05) is 13.7 Å². The number of benzene rings is 2. The highest BCUT2D eigenvalue weighted by atomic mass is 16.5. The van der Waals surface area contributed by atoms with E-state index >= 15 is 0 Å². The van der Waals surface area contributed by atoms with Gasteiger partial charge in [0.25, 0.3) is 0 Å². The Hall–Kier alpha value is -3.88. The highest BCUT2D eigenvalue weighted by molar-refractivity contribution is 5.91. The van der Waals surface area contributed by atoms with Gasteiger partial charge < -0.3 is 25.8 Å². The van der Waals surface area contributed by atoms with Gasteiger partial charge in [-0.1, -0.05) is 55.5 Å². The number of rotatable bonds is 10. The Bertz CT molecular complexity index is 1020. The third kappa shape index (κ3) is 5.72. The van der Waals surface area contributed by atoms with Gasteiger partial charge in [-0.25, -0.2) is 4.79 Å². The molecule has 0 saturated carbocycles. The lowest BCUT2D eigenvalue weighted by Crippen LogP contribution is -2.53. The third-order valence-electron chi connectivity index (χ3n) is 5.89. The highest BCUT2D eigenvalue weighted by Gasteiger charge is 2.30. The summed E-state index contributed by atoms with van der Waals surface area (Å²) in [5.41, 5.74) is 4.28. The van der Waals surface area contributed by atoms with E-state index in [0.717, 1.165) is 22.3 Å². The molecule has 34 heavy (non-hydrogen) atoms. The summed E-state index contributed by atoms with van der Waals surface area (Å²) in [5, 5.41) is 16.5. The summed E-state index contributed by atoms with van der Waals surface area (Å²) in [6, 6.07) is 13.9. The minimum atomic E-state index is -1.16. The molecule has 0 aliphatic heterocycles. The largest absolute Gasteiger partial charge is 0.481 e. The number of carboxylic acids is 1. The first-order valence-electron chi connectivity index (χ1n) is 11.2. The fourth-order valence-electron chi connectivity index (χ4n) is 4.12. The predicted molar refractivity (Wildman–Crippen MR) is 125 cm³/mol. The first kappa shape index (κ1) is 24.8. The number of hydrogen-bond acceptors (Lipinski definition) is 5. The molecule has 0 aromatic heterocycles. The number of fused-ring (bicyclic) bond motifs is 3. The molecule has 2 atom stereocenters. The van der Waals surface area contributed by atoms with Gasteiger partial charge in [0.05, 0.1) is 0 Å². The molecule has 180 valence electrons. The Balaban J connectivity index is 1.67. The molecule has 2 aromatic rings. The quantitative estimate of drug-likeness (QED) is 0.424. The fraction of sp³-hybridized carbons (Fsp3) is 0.360. The summed E-state index contributed by atoms with van der Waals surface area (Å²) >= 11 is 0. The number of hydrogen-bond donors (Lipinski definition) is 4. The lowest BCUT2D eigenvalue weighted by atomic mass is 9.98. The van der Waals surface area contributed by atoms with E-state index in [2.05, 4.69) is 16.0 Å². The van der Waals surface area contributed by atoms with Gasteiger partial charge in [0.1, 0.15) is 18.7 Å². The average Bonchev–Trinajstić information content (AvgIpc) is 3.16. The van der Waals surface area contributed by atoms with Gasteiger partial charge in [-0.3, -0.25) is 14.4 Å². The molecule has 0 saturated heterocycles. The molecule has 0 heterocycles. The van der Waals surface area contributed by atoms with Gasteiger partial charge in [0.15, 0.2) is 0 Å². The first-order valence-corrected chi connectivity index (χ1v) is 11.2. The molecule has 2 aromatic carbocycles. The van der Waals surface area contributed by atoms with Crippen molar-refractivity contribution in [1.82, 2.24) is 16.0 Å². The summed E-state index contributed by atoms with van der Waals surface area (Å²) in [6.07, 6.45) is -0.976. The van der Waals surface area contributed by atoms with Gasteiger partial charge in [-0.15, -0.1) is 0 Å². The second-order valence-corrected chi connectivity index (χ2v) is 8.04. The zero-order valence-corrected chi connectivity index (χ0v) is 19.2. The zero-order chi connectivity index (χ0) is 24.7. The lowest BCUT2D eigenvalue weighted by molar-refractivity contribution is -0.137. The Morgan fingerprint density at radius 1 is 0.912 bits per heavy atom. The SMILES string of the molecule is CCC(NC(=O)C(CCC(=O)O)NC(=O)OCC1c2ccccc2-c2ccccc21)C(=O)NC. The van der Waals surface area contributed by atoms with Crippen LogP contribution < -0.4 is 16.0 Å². The van der Waals surface area contributed by atoms with Crippen LogP contribution >= 0.6 is 0 Å². The van der Waals surface area contributed by atoms with Crippen molar-refractivity contribution in [1.29, 1.82) is 0 Å². The minimum Gasteiger partial charge on any atom is -0.481 e. The fourth-order valence-corrected chi connectivity index (χ4v) is 4.12. The van der Waals surface area contributed by atoms with E-state index in [4.69, 9.17) is 9.84 Å². The molecular weight excluding hydrogens is 438 g/mol. The van der Waals surface area contributed by atoms with Crippen molar-refractivity contribution in [2.45, 2.75) is 44.2 Å². The van der Waals surface area contributed by atoms with E-state index in [0.29, 0.717) is 6.42 Å². The average molecular weight is 468 g/mol. The molecule has 0 radical (unpaired) electrons. The standard InChI is InChI=1S/C25H29N3O6/c1-3-20(23(31)26-2)27-24(32)21(12-13-22(29)30)28-25(33)34-14-19-17-10-6-4-8-15(17)16-9-5-7-11-18(16)19/h4-11,19-21H,3,12-14H2,1-2H3,(H,26,31)(H,27,32)(H,28,33)(H,29,30). The maximum absolute atomic E-state index is 12.7. The number of carbonyl (C=O) groups is 4. The Labute approximate surface area is 197 Å². The summed E-state index contributed by atoms with van der Waals surface area (Å²) in [7, 11) is 1.45. The van der Waals surface area contributed by atoms with Gasteiger partial charge in [-0.05, 0) is 35.1 Å². The van der Waals surface area contributed by atoms with Crippen molar-refractivity contribution < 1.29 is 29.0 Å². The van der Waals surface area contributed by atoms with Crippen molar-refractivity contribution in [2.24, 2.45) is 0 Å². The first-order chi connectivity index (χ1) is 16.3. The van der Waals surface area contributed by atoms with Crippen molar-refractivity contribution >= 4 is 23.9 Å². The smallest absolute Gasteiger partial charge is 0.407 e. The molecule has 9 heteroatoms. The van der Waals surface area contributed by atoms with Crippen LogP contribution in [0.5, 0.6) is 0 Å². The van der Waals surface area contributed by atoms with Gasteiger partial charge in [0, 0.05) is 19.4 Å². The van der Waals surface area contributed by atoms with Crippen LogP contribution in [0, 0.1) is 0 Å². The number of alkyl carbamates (subject to hydrolysis) is 1. The highest BCUT2D eigenvalue weighted by Crippen LogP contribution is 2.44. The van der Waals surface area contributed by atoms with Crippen LogP contribution in [0.15, 0.2) is 48.5 Å². The lowest BCUT2D eigenvalue weighted by Gasteiger charge is -2.22. The molecule has 3 amide bonds. The van der Waals surface area contributed by atoms with E-state index in [1.165, 1.54) is 7.05 Å². The molecule has 9 nitrogen and oxygen atoms in total. The summed E-state index contributed by atoms with van der Waals surface area (Å²) in [6.45, 7) is 1.79. The van der Waals surface area contributed by atoms with E-state index in [1.807, 2.05) is 48.5 Å². The Morgan fingerprint density at radius 2 is 1.50 bits per heavy atom. The van der Waals surface area contributed by atoms with E-state index in [-0.39, 0.29) is 31.3 Å². The second-order valence-electron chi connectivity index (χ2n) is 8.04. The topological polar surface area (TPSA) is 134 Å². The van der Waals surface area contributed by atoms with Crippen molar-refractivity contribution in [3.63, 3.8) is 0 Å². The zero-order valence-electron chi connectivity index (χ0n) is 19.2. The van der Waals surface area contributed by atoms with Crippen molar-refractivity contribution in [3.05, 3.63) is 59.7 Å². The van der Waals surface area contributed by atoms with Crippen LogP contribution in [0.4, 0.5) is 4.79 Å². The maximum Gasteiger partial charge on any atom is 0.407 e. The van der Waals surface area contributed by atoms with E-state index in [9.17, 15) is 19.2 Å². The number of aliphatic carboxylic acids is 1. The molecule has 2 unspecified atom stereocenters. The predicted octanol–water partition coefficient (Wildman–Crippen LogP) is 2.40. The molecule has 0 bridgehead atoms. The number of nitrogens with one attached hydrogen (secondary N) is 3. The molecule has 0 spiro atoms. The Kier molecular flexibility index (Phi) is 8.24. The van der Waals surface area contributed by atoms with Crippen LogP contribution in [0.1, 0.15) is 43.2 Å². The number of carbonyl (C=O) groups excluding carboxylic acids is 3. The van der Waals surface area contributed by atoms with Crippen LogP contribution in [0.25, 0.3) is 11.1 Å². The minimum absolute atomic E-state index is 0.0585. The van der Waals surface area contributed by atoms with Crippen LogP contribution in [0.2, 0.25) is 0 Å². The molecule has 1 aliphatic rings. The molecule has 0 fully saturated rings. The third-order valence-corrected chi connectivity index (χ3v) is 5.89.